The number of amides is 6. The van der Waals surface area contributed by atoms with Gasteiger partial charge >= 0.3 is 0 Å². The van der Waals surface area contributed by atoms with Crippen LogP contribution in [0.2, 0.25) is 0 Å². The fraction of sp³-hybridized carbons (Fsp3) is 0.600. The van der Waals surface area contributed by atoms with Gasteiger partial charge < -0.3 is 9.80 Å². The number of benzene rings is 2. The van der Waals surface area contributed by atoms with Gasteiger partial charge in [-0.15, -0.1) is 0 Å². The van der Waals surface area contributed by atoms with Crippen molar-refractivity contribution in [1.29, 1.82) is 0 Å². The molecule has 0 bridgehead atoms. The summed E-state index contributed by atoms with van der Waals surface area (Å²) in [6.07, 6.45) is 6.26. The van der Waals surface area contributed by atoms with Crippen LogP contribution in [0.4, 0.5) is 0 Å². The highest BCUT2D eigenvalue weighted by molar-refractivity contribution is 7.13. The first-order valence-electron chi connectivity index (χ1n) is 21.1. The molecular formula is C45H70N6O6P2. The van der Waals surface area contributed by atoms with E-state index in [0.29, 0.717) is 43.0 Å². The molecule has 4 fully saturated rings. The van der Waals surface area contributed by atoms with Crippen molar-refractivity contribution in [3.05, 3.63) is 69.8 Å². The molecule has 4 unspecified atom stereocenters. The van der Waals surface area contributed by atoms with Crippen LogP contribution in [0, 0.1) is 12.8 Å². The Morgan fingerprint density at radius 1 is 0.627 bits per heavy atom. The second-order valence-electron chi connectivity index (χ2n) is 16.2. The molecule has 12 nitrogen and oxygen atoms in total. The van der Waals surface area contributed by atoms with Crippen molar-refractivity contribution in [3.8, 4) is 0 Å². The number of imide groups is 2. The second-order valence-corrected chi connectivity index (χ2v) is 17.7. The summed E-state index contributed by atoms with van der Waals surface area (Å²) >= 11 is 0. The highest BCUT2D eigenvalue weighted by Crippen LogP contribution is 2.38. The van der Waals surface area contributed by atoms with E-state index in [1.165, 1.54) is 31.5 Å². The van der Waals surface area contributed by atoms with E-state index in [1.807, 2.05) is 58.9 Å². The summed E-state index contributed by atoms with van der Waals surface area (Å²) in [6, 6.07) is 11.8. The van der Waals surface area contributed by atoms with Crippen molar-refractivity contribution in [1.82, 2.24) is 29.8 Å². The largest absolute Gasteiger partial charge is 0.320 e. The van der Waals surface area contributed by atoms with Crippen LogP contribution in [0.1, 0.15) is 156 Å². The summed E-state index contributed by atoms with van der Waals surface area (Å²) in [5.41, 5.74) is 3.74. The molecule has 14 heteroatoms. The Hall–Kier alpha value is -3.56. The van der Waals surface area contributed by atoms with Gasteiger partial charge in [0.15, 0.2) is 0 Å². The van der Waals surface area contributed by atoms with Crippen molar-refractivity contribution >= 4 is 54.2 Å². The van der Waals surface area contributed by atoms with Gasteiger partial charge in [0.2, 0.25) is 11.8 Å². The van der Waals surface area contributed by atoms with E-state index in [2.05, 4.69) is 57.8 Å². The summed E-state index contributed by atoms with van der Waals surface area (Å²) in [5.74, 6) is -0.0500. The van der Waals surface area contributed by atoms with Crippen LogP contribution in [0.3, 0.4) is 0 Å². The number of rotatable bonds is 3. The highest BCUT2D eigenvalue weighted by atomic mass is 31.0. The van der Waals surface area contributed by atoms with E-state index in [1.54, 1.807) is 23.6 Å². The molecule has 0 radical (unpaired) electrons. The zero-order valence-corrected chi connectivity index (χ0v) is 38.2. The number of aryl methyl sites for hydroxylation is 1. The quantitative estimate of drug-likeness (QED) is 0.245. The number of hydrogen-bond acceptors (Lipinski definition) is 8. The molecule has 6 aliphatic heterocycles. The third-order valence-corrected chi connectivity index (χ3v) is 13.2. The van der Waals surface area contributed by atoms with Gasteiger partial charge in [-0.3, -0.25) is 48.7 Å². The van der Waals surface area contributed by atoms with Crippen LogP contribution in [0.25, 0.3) is 0 Å². The lowest BCUT2D eigenvalue weighted by molar-refractivity contribution is -0.143. The van der Waals surface area contributed by atoms with Crippen molar-refractivity contribution < 1.29 is 28.8 Å². The van der Waals surface area contributed by atoms with Gasteiger partial charge in [-0.05, 0) is 100.0 Å². The molecule has 6 aliphatic rings. The Labute approximate surface area is 357 Å². The normalized spacial score (nSPS) is 24.6. The van der Waals surface area contributed by atoms with Crippen LogP contribution < -0.4 is 10.6 Å². The van der Waals surface area contributed by atoms with Gasteiger partial charge in [0, 0.05) is 63.2 Å². The zero-order valence-electron chi connectivity index (χ0n) is 35.9. The zero-order chi connectivity index (χ0) is 42.9. The molecule has 8 rings (SSSR count). The molecule has 59 heavy (non-hydrogen) atoms. The van der Waals surface area contributed by atoms with Crippen LogP contribution in [-0.2, 0) is 32.3 Å². The third kappa shape index (κ3) is 11.4. The maximum Gasteiger partial charge on any atom is 0.255 e. The van der Waals surface area contributed by atoms with E-state index in [-0.39, 0.29) is 55.7 Å². The van der Waals surface area contributed by atoms with E-state index < -0.39 is 11.1 Å². The SMILES string of the molecule is C.CC.CC.CC1(N2Cc3cc(C4CCN(P)CC4)ccc3C2=O)CCC(=O)NC1=O.CC1CCN(P)CC1.Cc1ccc2c(c1)CN(C1(C)CCC(=O)NC1=O)C2=O. The average molecular weight is 853 g/mol. The maximum atomic E-state index is 12.9. The summed E-state index contributed by atoms with van der Waals surface area (Å²) in [5, 5.41) is 4.72. The van der Waals surface area contributed by atoms with Gasteiger partial charge in [0.25, 0.3) is 23.6 Å². The Balaban J connectivity index is 0.000000249. The monoisotopic (exact) mass is 852 g/mol. The van der Waals surface area contributed by atoms with Gasteiger partial charge in [0.1, 0.15) is 11.1 Å². The summed E-state index contributed by atoms with van der Waals surface area (Å²) in [4.78, 5) is 76.0. The fourth-order valence-electron chi connectivity index (χ4n) is 8.21. The van der Waals surface area contributed by atoms with Crippen LogP contribution >= 0.6 is 18.8 Å². The molecule has 4 saturated heterocycles. The minimum atomic E-state index is -0.963. The number of carbonyl (C=O) groups excluding carboxylic acids is 6. The molecule has 2 aromatic carbocycles. The second kappa shape index (κ2) is 21.8. The molecule has 0 spiro atoms. The van der Waals surface area contributed by atoms with Crippen molar-refractivity contribution in [2.45, 2.75) is 144 Å². The van der Waals surface area contributed by atoms with E-state index in [0.717, 1.165) is 48.5 Å². The van der Waals surface area contributed by atoms with E-state index in [9.17, 15) is 28.8 Å². The third-order valence-electron chi connectivity index (χ3n) is 12.2. The van der Waals surface area contributed by atoms with Gasteiger partial charge in [-0.25, -0.2) is 0 Å². The first-order chi connectivity index (χ1) is 27.6. The molecule has 326 valence electrons. The van der Waals surface area contributed by atoms with E-state index in [4.69, 9.17) is 0 Å². The first kappa shape index (κ1) is 49.8. The van der Waals surface area contributed by atoms with Gasteiger partial charge in [0.05, 0.1) is 0 Å². The number of carbonyl (C=O) groups is 6. The molecule has 4 atom stereocenters. The summed E-state index contributed by atoms with van der Waals surface area (Å²) in [6.45, 7) is 21.3. The van der Waals surface area contributed by atoms with Gasteiger partial charge in [-0.2, -0.15) is 0 Å². The van der Waals surface area contributed by atoms with Crippen molar-refractivity contribution in [2.75, 3.05) is 26.2 Å². The number of nitrogens with one attached hydrogen (secondary N) is 2. The molecule has 2 aromatic rings. The highest BCUT2D eigenvalue weighted by Gasteiger charge is 2.49. The Morgan fingerprint density at radius 2 is 1.03 bits per heavy atom. The molecule has 6 amide bonds. The smallest absolute Gasteiger partial charge is 0.255 e. The van der Waals surface area contributed by atoms with Crippen molar-refractivity contribution in [3.63, 3.8) is 0 Å². The summed E-state index contributed by atoms with van der Waals surface area (Å²) < 4.78 is 4.58. The maximum absolute atomic E-state index is 12.9. The minimum absolute atomic E-state index is 0. The first-order valence-corrected chi connectivity index (χ1v) is 22.2. The topological polar surface area (TPSA) is 139 Å². The number of nitrogens with zero attached hydrogens (tertiary/aromatic N) is 4. The standard InChI is InChI=1S/C19H24N3O3P.C15H16N2O3.C6H14NP.2C2H6.CH4/c1-19(7-4-16(23)20-18(19)25)22-11-14-10-13(2-3-15(14)17(22)24)12-5-8-21(26)9-6-12;1-9-3-4-11-10(7-9)8-17(13(11)19)15(2)6-5-12(18)16-14(15)20;1-6-2-4-7(8)5-3-6;2*1-2;/h2-3,10,12H,4-9,11,26H2,1H3,(H,20,23,25);3-4,7H,5-6,8H2,1-2H3,(H,16,18,20);6H,2-5,8H2,1H3;2*1-2H3;1H4. The molecule has 0 aromatic heterocycles. The minimum Gasteiger partial charge on any atom is -0.320 e. The number of piperidine rings is 4. The molecule has 0 aliphatic carbocycles. The number of hydrogen-bond donors (Lipinski definition) is 2. The molecule has 2 N–H and O–H groups in total. The van der Waals surface area contributed by atoms with Crippen LogP contribution in [0.15, 0.2) is 36.4 Å². The summed E-state index contributed by atoms with van der Waals surface area (Å²) in [7, 11) is 5.52. The van der Waals surface area contributed by atoms with E-state index >= 15 is 0 Å². The lowest BCUT2D eigenvalue weighted by Crippen LogP contribution is -2.61. The predicted octanol–water partition coefficient (Wildman–Crippen LogP) is 7.15. The fourth-order valence-corrected chi connectivity index (χ4v) is 8.80. The van der Waals surface area contributed by atoms with Crippen molar-refractivity contribution in [2.24, 2.45) is 5.92 Å². The average Bonchev–Trinajstić information content (AvgIpc) is 3.74. The Kier molecular flexibility index (Phi) is 18.4. The Morgan fingerprint density at radius 3 is 1.46 bits per heavy atom. The molecule has 0 saturated carbocycles. The molecular weight excluding hydrogens is 782 g/mol. The van der Waals surface area contributed by atoms with Crippen LogP contribution in [-0.4, -0.2) is 91.8 Å². The molecule has 6 heterocycles. The van der Waals surface area contributed by atoms with Gasteiger partial charge in [-0.1, -0.05) is 90.7 Å². The lowest BCUT2D eigenvalue weighted by atomic mass is 9.88. The lowest BCUT2D eigenvalue weighted by Gasteiger charge is -2.39. The number of fused-ring (bicyclic) bond motifs is 2. The van der Waals surface area contributed by atoms with Crippen LogP contribution in [0.5, 0.6) is 0 Å². The Bertz CT molecular complexity index is 1830. The predicted molar refractivity (Wildman–Crippen MR) is 241 cm³/mol.